The third-order valence-corrected chi connectivity index (χ3v) is 5.10. The highest BCUT2D eigenvalue weighted by molar-refractivity contribution is 8.27. The van der Waals surface area contributed by atoms with E-state index < -0.39 is 5.97 Å². The van der Waals surface area contributed by atoms with Crippen LogP contribution in [0.15, 0.2) is 53.4 Å². The lowest BCUT2D eigenvalue weighted by Crippen LogP contribution is -2.27. The van der Waals surface area contributed by atoms with Gasteiger partial charge in [-0.05, 0) is 48.4 Å². The van der Waals surface area contributed by atoms with Gasteiger partial charge in [0.2, 0.25) is 0 Å². The van der Waals surface area contributed by atoms with Gasteiger partial charge >= 0.3 is 5.97 Å². The van der Waals surface area contributed by atoms with Gasteiger partial charge in [-0.15, -0.1) is 0 Å². The number of rotatable bonds is 6. The average Bonchev–Trinajstić information content (AvgIpc) is 2.88. The number of carbonyl (C=O) groups is 2. The minimum atomic E-state index is -0.911. The first-order chi connectivity index (χ1) is 12.9. The molecule has 1 fully saturated rings. The number of carbonyl (C=O) groups excluding carboxylic acids is 1. The van der Waals surface area contributed by atoms with Gasteiger partial charge in [0.25, 0.3) is 5.91 Å². The number of amides is 1. The summed E-state index contributed by atoms with van der Waals surface area (Å²) in [6, 6.07) is 14.8. The van der Waals surface area contributed by atoms with Crippen LogP contribution in [0.4, 0.5) is 5.69 Å². The summed E-state index contributed by atoms with van der Waals surface area (Å²) < 4.78 is 5.93. The van der Waals surface area contributed by atoms with E-state index in [0.29, 0.717) is 15.0 Å². The van der Waals surface area contributed by atoms with Crippen molar-refractivity contribution in [2.45, 2.75) is 13.3 Å². The second-order valence-corrected chi connectivity index (χ2v) is 7.60. The molecule has 138 valence electrons. The lowest BCUT2D eigenvalue weighted by atomic mass is 10.2. The topological polar surface area (TPSA) is 66.8 Å². The molecule has 0 bridgehead atoms. The number of hydrogen-bond donors (Lipinski definition) is 1. The number of carboxylic acids is 1. The standard InChI is InChI=1S/C20H17NO4S2/c1-13-4-2-6-15(10-13)21-19(24)17(27-20(21)26)12-14-5-3-7-16(11-14)25-9-8-18(22)23/h2-7,10-12H,8-9H2,1H3,(H,22,23)/b17-12+. The number of thiocarbonyl (C=S) groups is 1. The smallest absolute Gasteiger partial charge is 0.306 e. The van der Waals surface area contributed by atoms with Gasteiger partial charge in [-0.3, -0.25) is 14.5 Å². The number of aryl methyl sites for hydroxylation is 1. The Hall–Kier alpha value is -2.64. The molecule has 0 aliphatic carbocycles. The first-order valence-corrected chi connectivity index (χ1v) is 9.46. The first-order valence-electron chi connectivity index (χ1n) is 8.23. The third kappa shape index (κ3) is 4.75. The quantitative estimate of drug-likeness (QED) is 0.578. The molecule has 1 heterocycles. The first kappa shape index (κ1) is 19.1. The SMILES string of the molecule is Cc1cccc(N2C(=O)/C(=C\c3cccc(OCCC(=O)O)c3)SC2=S)c1. The van der Waals surface area contributed by atoms with Crippen LogP contribution >= 0.6 is 24.0 Å². The summed E-state index contributed by atoms with van der Waals surface area (Å²) in [5, 5.41) is 8.68. The van der Waals surface area contributed by atoms with Crippen LogP contribution in [0.1, 0.15) is 17.5 Å². The molecule has 0 aromatic heterocycles. The number of nitrogens with zero attached hydrogens (tertiary/aromatic N) is 1. The van der Waals surface area contributed by atoms with Crippen LogP contribution in [0.5, 0.6) is 5.75 Å². The molecule has 1 aliphatic rings. The van der Waals surface area contributed by atoms with Crippen molar-refractivity contribution in [3.8, 4) is 5.75 Å². The highest BCUT2D eigenvalue weighted by atomic mass is 32.2. The van der Waals surface area contributed by atoms with E-state index in [2.05, 4.69) is 0 Å². The van der Waals surface area contributed by atoms with Crippen LogP contribution in [-0.2, 0) is 9.59 Å². The predicted molar refractivity (Wildman–Crippen MR) is 111 cm³/mol. The predicted octanol–water partition coefficient (Wildman–Crippen LogP) is 4.25. The summed E-state index contributed by atoms with van der Waals surface area (Å²) in [7, 11) is 0. The van der Waals surface area contributed by atoms with Gasteiger partial charge in [-0.1, -0.05) is 48.2 Å². The fraction of sp³-hybridized carbons (Fsp3) is 0.150. The fourth-order valence-electron chi connectivity index (χ4n) is 2.56. The number of aliphatic carboxylic acids is 1. The minimum Gasteiger partial charge on any atom is -0.493 e. The molecule has 3 rings (SSSR count). The number of benzene rings is 2. The molecule has 27 heavy (non-hydrogen) atoms. The maximum Gasteiger partial charge on any atom is 0.306 e. The van der Waals surface area contributed by atoms with Crippen LogP contribution in [0, 0.1) is 6.92 Å². The van der Waals surface area contributed by atoms with Crippen LogP contribution in [0.3, 0.4) is 0 Å². The Morgan fingerprint density at radius 1 is 1.26 bits per heavy atom. The van der Waals surface area contributed by atoms with Gasteiger partial charge in [0.05, 0.1) is 23.6 Å². The molecule has 1 N–H and O–H groups in total. The summed E-state index contributed by atoms with van der Waals surface area (Å²) in [6.45, 7) is 2.06. The lowest BCUT2D eigenvalue weighted by molar-refractivity contribution is -0.137. The average molecular weight is 399 g/mol. The number of carboxylic acid groups (broad SMARTS) is 1. The van der Waals surface area contributed by atoms with Gasteiger partial charge in [-0.2, -0.15) is 0 Å². The Kier molecular flexibility index (Phi) is 5.93. The summed E-state index contributed by atoms with van der Waals surface area (Å²) in [5.74, 6) is -0.516. The molecule has 5 nitrogen and oxygen atoms in total. The van der Waals surface area contributed by atoms with E-state index in [1.165, 1.54) is 16.7 Å². The van der Waals surface area contributed by atoms with Crippen molar-refractivity contribution in [3.05, 3.63) is 64.6 Å². The molecular weight excluding hydrogens is 382 g/mol. The van der Waals surface area contributed by atoms with Crippen LogP contribution in [0.2, 0.25) is 0 Å². The van der Waals surface area contributed by atoms with Gasteiger partial charge in [0.15, 0.2) is 4.32 Å². The highest BCUT2D eigenvalue weighted by Crippen LogP contribution is 2.36. The van der Waals surface area contributed by atoms with E-state index in [4.69, 9.17) is 22.1 Å². The Labute approximate surface area is 166 Å². The fourth-order valence-corrected chi connectivity index (χ4v) is 3.86. The van der Waals surface area contributed by atoms with Crippen molar-refractivity contribution in [1.82, 2.24) is 0 Å². The minimum absolute atomic E-state index is 0.0701. The van der Waals surface area contributed by atoms with Gasteiger partial charge in [-0.25, -0.2) is 0 Å². The summed E-state index contributed by atoms with van der Waals surface area (Å²) in [6.07, 6.45) is 1.69. The van der Waals surface area contributed by atoms with Crippen molar-refractivity contribution in [2.75, 3.05) is 11.5 Å². The summed E-state index contributed by atoms with van der Waals surface area (Å²) in [4.78, 5) is 25.5. The molecule has 1 saturated heterocycles. The van der Waals surface area contributed by atoms with Gasteiger partial charge in [0.1, 0.15) is 5.75 Å². The van der Waals surface area contributed by atoms with E-state index in [-0.39, 0.29) is 18.9 Å². The van der Waals surface area contributed by atoms with Crippen LogP contribution < -0.4 is 9.64 Å². The van der Waals surface area contributed by atoms with E-state index in [0.717, 1.165) is 16.8 Å². The normalized spacial score (nSPS) is 15.4. The van der Waals surface area contributed by atoms with Crippen molar-refractivity contribution >= 4 is 51.9 Å². The molecule has 7 heteroatoms. The molecule has 0 radical (unpaired) electrons. The van der Waals surface area contributed by atoms with E-state index in [1.807, 2.05) is 37.3 Å². The molecule has 0 unspecified atom stereocenters. The summed E-state index contributed by atoms with van der Waals surface area (Å²) >= 11 is 6.65. The van der Waals surface area contributed by atoms with Gasteiger partial charge < -0.3 is 9.84 Å². The van der Waals surface area contributed by atoms with E-state index in [9.17, 15) is 9.59 Å². The Morgan fingerprint density at radius 3 is 2.78 bits per heavy atom. The van der Waals surface area contributed by atoms with E-state index in [1.54, 1.807) is 24.3 Å². The van der Waals surface area contributed by atoms with E-state index >= 15 is 0 Å². The zero-order valence-corrected chi connectivity index (χ0v) is 16.2. The number of thioether (sulfide) groups is 1. The monoisotopic (exact) mass is 399 g/mol. The van der Waals surface area contributed by atoms with Crippen molar-refractivity contribution in [1.29, 1.82) is 0 Å². The van der Waals surface area contributed by atoms with Crippen molar-refractivity contribution in [2.24, 2.45) is 0 Å². The zero-order valence-electron chi connectivity index (χ0n) is 14.5. The summed E-state index contributed by atoms with van der Waals surface area (Å²) in [5.41, 5.74) is 2.59. The molecule has 2 aromatic rings. The molecule has 1 aliphatic heterocycles. The Bertz CT molecular complexity index is 939. The van der Waals surface area contributed by atoms with Crippen molar-refractivity contribution < 1.29 is 19.4 Å². The number of hydrogen-bond acceptors (Lipinski definition) is 5. The zero-order chi connectivity index (χ0) is 19.4. The maximum absolute atomic E-state index is 12.8. The number of anilines is 1. The molecular formula is C20H17NO4S2. The molecule has 0 saturated carbocycles. The Balaban J connectivity index is 1.78. The lowest BCUT2D eigenvalue weighted by Gasteiger charge is -2.14. The van der Waals surface area contributed by atoms with Crippen molar-refractivity contribution in [3.63, 3.8) is 0 Å². The molecule has 0 spiro atoms. The molecule has 0 atom stereocenters. The second kappa shape index (κ2) is 8.37. The van der Waals surface area contributed by atoms with Gasteiger partial charge in [0, 0.05) is 0 Å². The Morgan fingerprint density at radius 2 is 2.04 bits per heavy atom. The van der Waals surface area contributed by atoms with Crippen LogP contribution in [0.25, 0.3) is 6.08 Å². The number of ether oxygens (including phenoxy) is 1. The molecule has 2 aromatic carbocycles. The maximum atomic E-state index is 12.8. The second-order valence-electron chi connectivity index (χ2n) is 5.92. The highest BCUT2D eigenvalue weighted by Gasteiger charge is 2.33. The third-order valence-electron chi connectivity index (χ3n) is 3.79. The van der Waals surface area contributed by atoms with Crippen LogP contribution in [-0.4, -0.2) is 27.9 Å². The largest absolute Gasteiger partial charge is 0.493 e. The molecule has 1 amide bonds.